The summed E-state index contributed by atoms with van der Waals surface area (Å²) < 4.78 is 37.2. The van der Waals surface area contributed by atoms with Crippen molar-refractivity contribution in [2.75, 3.05) is 13.1 Å². The third-order valence-electron chi connectivity index (χ3n) is 3.64. The van der Waals surface area contributed by atoms with E-state index in [0.717, 1.165) is 4.88 Å². The van der Waals surface area contributed by atoms with Crippen LogP contribution in [0.15, 0.2) is 12.1 Å². The van der Waals surface area contributed by atoms with E-state index in [1.54, 1.807) is 19.1 Å². The third-order valence-corrected chi connectivity index (χ3v) is 5.05. The molecule has 134 valence electrons. The average molecular weight is 384 g/mol. The van der Waals surface area contributed by atoms with E-state index >= 15 is 0 Å². The molecule has 2 unspecified atom stereocenters. The first kappa shape index (κ1) is 18.9. The first-order valence-electron chi connectivity index (χ1n) is 7.34. The van der Waals surface area contributed by atoms with Crippen molar-refractivity contribution in [1.82, 2.24) is 15.5 Å². The summed E-state index contributed by atoms with van der Waals surface area (Å²) in [6, 6.07) is 1.83. The minimum Gasteiger partial charge on any atom is -0.345 e. The minimum atomic E-state index is -4.48. The zero-order valence-corrected chi connectivity index (χ0v) is 14.4. The zero-order chi connectivity index (χ0) is 17.9. The van der Waals surface area contributed by atoms with Gasteiger partial charge in [-0.3, -0.25) is 4.79 Å². The molecule has 3 amide bonds. The number of likely N-dealkylation sites (tertiary alicyclic amines) is 1. The van der Waals surface area contributed by atoms with Crippen LogP contribution in [0.5, 0.6) is 0 Å². The van der Waals surface area contributed by atoms with Gasteiger partial charge in [-0.2, -0.15) is 13.2 Å². The highest BCUT2D eigenvalue weighted by molar-refractivity contribution is 7.16. The highest BCUT2D eigenvalue weighted by Gasteiger charge is 2.36. The zero-order valence-electron chi connectivity index (χ0n) is 12.8. The van der Waals surface area contributed by atoms with Crippen LogP contribution in [0.25, 0.3) is 0 Å². The van der Waals surface area contributed by atoms with Gasteiger partial charge in [0, 0.05) is 11.4 Å². The summed E-state index contributed by atoms with van der Waals surface area (Å²) >= 11 is 7.18. The van der Waals surface area contributed by atoms with Crippen molar-refractivity contribution < 1.29 is 22.8 Å². The van der Waals surface area contributed by atoms with Crippen molar-refractivity contribution >= 4 is 34.9 Å². The summed E-state index contributed by atoms with van der Waals surface area (Å²) in [7, 11) is 0. The van der Waals surface area contributed by atoms with Crippen LogP contribution < -0.4 is 10.6 Å². The van der Waals surface area contributed by atoms with Gasteiger partial charge in [0.1, 0.15) is 12.6 Å². The molecule has 1 aliphatic rings. The molecular formula is C14H17ClF3N3O2S. The molecule has 2 rings (SSSR count). The van der Waals surface area contributed by atoms with Crippen molar-refractivity contribution in [3.8, 4) is 0 Å². The van der Waals surface area contributed by atoms with E-state index in [1.807, 2.05) is 5.32 Å². The molecule has 2 N–H and O–H groups in total. The lowest BCUT2D eigenvalue weighted by molar-refractivity contribution is -0.140. The van der Waals surface area contributed by atoms with Gasteiger partial charge in [0.05, 0.1) is 10.4 Å². The maximum Gasteiger partial charge on any atom is 0.405 e. The van der Waals surface area contributed by atoms with E-state index < -0.39 is 30.7 Å². The summed E-state index contributed by atoms with van der Waals surface area (Å²) in [5.74, 6) is -0.785. The largest absolute Gasteiger partial charge is 0.405 e. The normalized spacial score (nSPS) is 19.2. The second-order valence-electron chi connectivity index (χ2n) is 5.50. The van der Waals surface area contributed by atoms with Crippen LogP contribution in [-0.2, 0) is 4.79 Å². The molecule has 2 atom stereocenters. The molecule has 0 aliphatic carbocycles. The second-order valence-corrected chi connectivity index (χ2v) is 7.24. The monoisotopic (exact) mass is 383 g/mol. The van der Waals surface area contributed by atoms with Gasteiger partial charge in [-0.25, -0.2) is 4.79 Å². The molecule has 1 saturated heterocycles. The molecule has 10 heteroatoms. The highest BCUT2D eigenvalue weighted by atomic mass is 35.5. The Morgan fingerprint density at radius 2 is 2.17 bits per heavy atom. The minimum absolute atomic E-state index is 0.311. The molecule has 0 aromatic carbocycles. The van der Waals surface area contributed by atoms with E-state index in [-0.39, 0.29) is 6.04 Å². The van der Waals surface area contributed by atoms with E-state index in [9.17, 15) is 22.8 Å². The summed E-state index contributed by atoms with van der Waals surface area (Å²) in [5, 5.41) is 4.58. The van der Waals surface area contributed by atoms with E-state index in [2.05, 4.69) is 5.32 Å². The molecule has 1 fully saturated rings. The molecule has 0 bridgehead atoms. The number of nitrogens with one attached hydrogen (secondary N) is 2. The van der Waals surface area contributed by atoms with Gasteiger partial charge in [-0.05, 0) is 31.9 Å². The van der Waals surface area contributed by atoms with Crippen molar-refractivity contribution in [3.63, 3.8) is 0 Å². The van der Waals surface area contributed by atoms with Crippen molar-refractivity contribution in [3.05, 3.63) is 21.3 Å². The maximum absolute atomic E-state index is 12.3. The van der Waals surface area contributed by atoms with Crippen molar-refractivity contribution in [2.24, 2.45) is 0 Å². The van der Waals surface area contributed by atoms with Gasteiger partial charge in [0.2, 0.25) is 5.91 Å². The topological polar surface area (TPSA) is 61.4 Å². The molecule has 0 radical (unpaired) electrons. The number of carbonyl (C=O) groups excluding carboxylic acids is 2. The van der Waals surface area contributed by atoms with E-state index in [0.29, 0.717) is 23.7 Å². The van der Waals surface area contributed by atoms with Gasteiger partial charge in [0.25, 0.3) is 0 Å². The van der Waals surface area contributed by atoms with Gasteiger partial charge in [-0.15, -0.1) is 11.3 Å². The predicted octanol–water partition coefficient (Wildman–Crippen LogP) is 3.32. The molecule has 0 spiro atoms. The quantitative estimate of drug-likeness (QED) is 0.837. The lowest BCUT2D eigenvalue weighted by Gasteiger charge is -2.26. The number of hydrogen-bond donors (Lipinski definition) is 2. The summed E-state index contributed by atoms with van der Waals surface area (Å²) in [6.07, 6.45) is -3.57. The van der Waals surface area contributed by atoms with Crippen LogP contribution in [0.2, 0.25) is 4.34 Å². The lowest BCUT2D eigenvalue weighted by atomic mass is 10.2. The van der Waals surface area contributed by atoms with Crippen LogP contribution in [0.1, 0.15) is 30.7 Å². The number of carbonyl (C=O) groups is 2. The molecule has 24 heavy (non-hydrogen) atoms. The van der Waals surface area contributed by atoms with Gasteiger partial charge < -0.3 is 15.5 Å². The number of amides is 3. The number of rotatable bonds is 4. The van der Waals surface area contributed by atoms with Gasteiger partial charge >= 0.3 is 12.2 Å². The number of nitrogens with zero attached hydrogens (tertiary/aromatic N) is 1. The van der Waals surface area contributed by atoms with Crippen LogP contribution in [0, 0.1) is 0 Å². The van der Waals surface area contributed by atoms with E-state index in [1.165, 1.54) is 16.2 Å². The standard InChI is InChI=1S/C14H17ClF3N3O2S/c1-8(10-4-5-11(15)24-10)20-13(23)21-6-2-3-9(21)12(22)19-7-14(16,17)18/h4-5,8-9H,2-3,6-7H2,1H3,(H,19,22)(H,20,23). The molecule has 0 saturated carbocycles. The fraction of sp³-hybridized carbons (Fsp3) is 0.571. The summed E-state index contributed by atoms with van der Waals surface area (Å²) in [4.78, 5) is 26.4. The van der Waals surface area contributed by atoms with Crippen LogP contribution in [0.3, 0.4) is 0 Å². The van der Waals surface area contributed by atoms with Crippen LogP contribution >= 0.6 is 22.9 Å². The second kappa shape index (κ2) is 7.60. The Balaban J connectivity index is 1.94. The van der Waals surface area contributed by atoms with Crippen LogP contribution in [0.4, 0.5) is 18.0 Å². The Kier molecular flexibility index (Phi) is 5.97. The van der Waals surface area contributed by atoms with Crippen molar-refractivity contribution in [2.45, 2.75) is 38.0 Å². The number of hydrogen-bond acceptors (Lipinski definition) is 3. The predicted molar refractivity (Wildman–Crippen MR) is 85.1 cm³/mol. The molecular weight excluding hydrogens is 367 g/mol. The SMILES string of the molecule is CC(NC(=O)N1CCCC1C(=O)NCC(F)(F)F)c1ccc(Cl)s1. The third kappa shape index (κ3) is 5.01. The Labute approximate surface area is 146 Å². The van der Waals surface area contributed by atoms with Crippen LogP contribution in [-0.4, -0.2) is 42.1 Å². The number of alkyl halides is 3. The first-order chi connectivity index (χ1) is 11.2. The smallest absolute Gasteiger partial charge is 0.345 e. The molecule has 1 aliphatic heterocycles. The molecule has 1 aromatic rings. The molecule has 1 aromatic heterocycles. The first-order valence-corrected chi connectivity index (χ1v) is 8.53. The Morgan fingerprint density at radius 3 is 2.75 bits per heavy atom. The summed E-state index contributed by atoms with van der Waals surface area (Å²) in [6.45, 7) is 0.699. The Morgan fingerprint density at radius 1 is 1.46 bits per heavy atom. The Bertz CT molecular complexity index is 608. The fourth-order valence-electron chi connectivity index (χ4n) is 2.49. The summed E-state index contributed by atoms with van der Waals surface area (Å²) in [5.41, 5.74) is 0. The average Bonchev–Trinajstić information content (AvgIpc) is 3.12. The van der Waals surface area contributed by atoms with Gasteiger partial charge in [-0.1, -0.05) is 11.6 Å². The highest BCUT2D eigenvalue weighted by Crippen LogP contribution is 2.27. The fourth-order valence-corrected chi connectivity index (χ4v) is 3.55. The number of halogens is 4. The number of thiophene rings is 1. The maximum atomic E-state index is 12.3. The van der Waals surface area contributed by atoms with E-state index in [4.69, 9.17) is 11.6 Å². The lowest BCUT2D eigenvalue weighted by Crippen LogP contribution is -2.51. The Hall–Kier alpha value is -1.48. The molecule has 2 heterocycles. The van der Waals surface area contributed by atoms with Crippen molar-refractivity contribution in [1.29, 1.82) is 0 Å². The van der Waals surface area contributed by atoms with Gasteiger partial charge in [0.15, 0.2) is 0 Å². The number of urea groups is 1. The molecule has 5 nitrogen and oxygen atoms in total.